The van der Waals surface area contributed by atoms with Crippen LogP contribution >= 0.6 is 0 Å². The van der Waals surface area contributed by atoms with Crippen molar-refractivity contribution < 1.29 is 4.42 Å². The van der Waals surface area contributed by atoms with Gasteiger partial charge in [-0.2, -0.15) is 0 Å². The standard InChI is InChI=1S/C29H32N2O/c1-22(27-13-7-11-25-10-5-6-12-29(25)27)30-18-26-20-31(19-23-15-17-32-21-23)16-14-28(26)24-8-3-2-4-9-24/h2-13,15,17,21-22,26,28,30H,14,16,18-20H2,1H3. The molecule has 0 bridgehead atoms. The van der Waals surface area contributed by atoms with Gasteiger partial charge in [0, 0.05) is 31.2 Å². The number of hydrogen-bond acceptors (Lipinski definition) is 3. The lowest BCUT2D eigenvalue weighted by Gasteiger charge is -2.39. The molecule has 3 unspecified atom stereocenters. The van der Waals surface area contributed by atoms with Gasteiger partial charge in [0.2, 0.25) is 0 Å². The van der Waals surface area contributed by atoms with E-state index >= 15 is 0 Å². The van der Waals surface area contributed by atoms with Crippen LogP contribution in [0, 0.1) is 5.92 Å². The lowest BCUT2D eigenvalue weighted by molar-refractivity contribution is 0.142. The van der Waals surface area contributed by atoms with Crippen LogP contribution in [0.3, 0.4) is 0 Å². The third-order valence-electron chi connectivity index (χ3n) is 7.01. The largest absolute Gasteiger partial charge is 0.472 e. The van der Waals surface area contributed by atoms with E-state index in [4.69, 9.17) is 4.42 Å². The van der Waals surface area contributed by atoms with Crippen LogP contribution in [-0.4, -0.2) is 24.5 Å². The van der Waals surface area contributed by atoms with Crippen molar-refractivity contribution in [3.8, 4) is 0 Å². The Kier molecular flexibility index (Phi) is 6.38. The Morgan fingerprint density at radius 3 is 2.62 bits per heavy atom. The van der Waals surface area contributed by atoms with Crippen LogP contribution in [0.15, 0.2) is 95.8 Å². The normalized spacial score (nSPS) is 20.4. The molecule has 0 saturated carbocycles. The van der Waals surface area contributed by atoms with Crippen molar-refractivity contribution in [2.75, 3.05) is 19.6 Å². The molecule has 1 fully saturated rings. The highest BCUT2D eigenvalue weighted by atomic mass is 16.3. The molecule has 1 aliphatic rings. The molecule has 4 aromatic rings. The van der Waals surface area contributed by atoms with Gasteiger partial charge < -0.3 is 9.73 Å². The second-order valence-corrected chi connectivity index (χ2v) is 9.13. The summed E-state index contributed by atoms with van der Waals surface area (Å²) in [6.45, 7) is 6.49. The molecule has 1 N–H and O–H groups in total. The number of hydrogen-bond donors (Lipinski definition) is 1. The monoisotopic (exact) mass is 424 g/mol. The number of fused-ring (bicyclic) bond motifs is 1. The Morgan fingerprint density at radius 2 is 1.78 bits per heavy atom. The minimum atomic E-state index is 0.307. The Morgan fingerprint density at radius 1 is 0.969 bits per heavy atom. The Bertz CT molecular complexity index is 1120. The first-order chi connectivity index (χ1) is 15.8. The number of benzene rings is 3. The van der Waals surface area contributed by atoms with Crippen LogP contribution in [0.1, 0.15) is 42.0 Å². The van der Waals surface area contributed by atoms with Crippen molar-refractivity contribution in [3.05, 3.63) is 108 Å². The van der Waals surface area contributed by atoms with Gasteiger partial charge >= 0.3 is 0 Å². The summed E-state index contributed by atoms with van der Waals surface area (Å²) in [6.07, 6.45) is 4.84. The quantitative estimate of drug-likeness (QED) is 0.373. The number of furan rings is 1. The average Bonchev–Trinajstić information content (AvgIpc) is 3.36. The molecule has 32 heavy (non-hydrogen) atoms. The first kappa shape index (κ1) is 21.0. The molecule has 3 aromatic carbocycles. The zero-order chi connectivity index (χ0) is 21.8. The molecule has 5 rings (SSSR count). The molecular formula is C29H32N2O. The SMILES string of the molecule is CC(NCC1CN(Cc2ccoc2)CCC1c1ccccc1)c1cccc2ccccc12. The zero-order valence-corrected chi connectivity index (χ0v) is 18.8. The highest BCUT2D eigenvalue weighted by Gasteiger charge is 2.30. The minimum absolute atomic E-state index is 0.307. The summed E-state index contributed by atoms with van der Waals surface area (Å²) in [5.41, 5.74) is 4.12. The molecule has 3 heteroatoms. The van der Waals surface area contributed by atoms with Crippen molar-refractivity contribution in [1.82, 2.24) is 10.2 Å². The van der Waals surface area contributed by atoms with Crippen LogP contribution in [-0.2, 0) is 6.54 Å². The topological polar surface area (TPSA) is 28.4 Å². The molecule has 0 aliphatic carbocycles. The molecule has 0 spiro atoms. The van der Waals surface area contributed by atoms with Gasteiger partial charge in [0.15, 0.2) is 0 Å². The van der Waals surface area contributed by atoms with E-state index in [-0.39, 0.29) is 0 Å². The summed E-state index contributed by atoms with van der Waals surface area (Å²) in [6, 6.07) is 28.8. The summed E-state index contributed by atoms with van der Waals surface area (Å²) in [7, 11) is 0. The van der Waals surface area contributed by atoms with Crippen molar-refractivity contribution >= 4 is 10.8 Å². The molecule has 0 amide bonds. The van der Waals surface area contributed by atoms with E-state index in [1.165, 1.54) is 33.9 Å². The van der Waals surface area contributed by atoms with E-state index in [1.54, 1.807) is 6.26 Å². The van der Waals surface area contributed by atoms with Gasteiger partial charge in [-0.25, -0.2) is 0 Å². The van der Waals surface area contributed by atoms with Gasteiger partial charge in [0.05, 0.1) is 12.5 Å². The van der Waals surface area contributed by atoms with Gasteiger partial charge in [0.25, 0.3) is 0 Å². The number of nitrogens with zero attached hydrogens (tertiary/aromatic N) is 1. The van der Waals surface area contributed by atoms with E-state index in [2.05, 4.69) is 96.0 Å². The van der Waals surface area contributed by atoms with Crippen LogP contribution in [0.4, 0.5) is 0 Å². The van der Waals surface area contributed by atoms with E-state index in [1.807, 2.05) is 6.26 Å². The Hall–Kier alpha value is -2.88. The highest BCUT2D eigenvalue weighted by Crippen LogP contribution is 2.34. The molecule has 164 valence electrons. The summed E-state index contributed by atoms with van der Waals surface area (Å²) in [5.74, 6) is 1.15. The summed E-state index contributed by atoms with van der Waals surface area (Å²) < 4.78 is 5.30. The third kappa shape index (κ3) is 4.64. The smallest absolute Gasteiger partial charge is 0.0947 e. The second kappa shape index (κ2) is 9.72. The van der Waals surface area contributed by atoms with Crippen molar-refractivity contribution in [1.29, 1.82) is 0 Å². The first-order valence-corrected chi connectivity index (χ1v) is 11.8. The first-order valence-electron chi connectivity index (χ1n) is 11.8. The van der Waals surface area contributed by atoms with Gasteiger partial charge in [-0.05, 0) is 59.7 Å². The predicted octanol–water partition coefficient (Wildman–Crippen LogP) is 6.39. The second-order valence-electron chi connectivity index (χ2n) is 9.13. The number of likely N-dealkylation sites (tertiary alicyclic amines) is 1. The van der Waals surface area contributed by atoms with Crippen molar-refractivity contribution in [2.24, 2.45) is 5.92 Å². The van der Waals surface area contributed by atoms with Crippen LogP contribution in [0.25, 0.3) is 10.8 Å². The Balaban J connectivity index is 1.32. The van der Waals surface area contributed by atoms with E-state index in [9.17, 15) is 0 Å². The summed E-state index contributed by atoms with van der Waals surface area (Å²) >= 11 is 0. The summed E-state index contributed by atoms with van der Waals surface area (Å²) in [5, 5.41) is 6.55. The lowest BCUT2D eigenvalue weighted by Crippen LogP contribution is -2.43. The molecule has 1 aromatic heterocycles. The third-order valence-corrected chi connectivity index (χ3v) is 7.01. The van der Waals surface area contributed by atoms with Crippen molar-refractivity contribution in [3.63, 3.8) is 0 Å². The molecule has 3 atom stereocenters. The highest BCUT2D eigenvalue weighted by molar-refractivity contribution is 5.86. The maximum atomic E-state index is 5.30. The van der Waals surface area contributed by atoms with Crippen LogP contribution < -0.4 is 5.32 Å². The van der Waals surface area contributed by atoms with Gasteiger partial charge in [-0.1, -0.05) is 72.8 Å². The maximum Gasteiger partial charge on any atom is 0.0947 e. The van der Waals surface area contributed by atoms with Gasteiger partial charge in [-0.3, -0.25) is 4.90 Å². The van der Waals surface area contributed by atoms with Crippen LogP contribution in [0.5, 0.6) is 0 Å². The fourth-order valence-corrected chi connectivity index (χ4v) is 5.30. The number of piperidine rings is 1. The summed E-state index contributed by atoms with van der Waals surface area (Å²) in [4.78, 5) is 2.58. The molecule has 0 radical (unpaired) electrons. The Labute approximate surface area is 191 Å². The minimum Gasteiger partial charge on any atom is -0.472 e. The number of rotatable bonds is 7. The van der Waals surface area contributed by atoms with Crippen LogP contribution in [0.2, 0.25) is 0 Å². The maximum absolute atomic E-state index is 5.30. The van der Waals surface area contributed by atoms with E-state index in [0.29, 0.717) is 17.9 Å². The van der Waals surface area contributed by atoms with Crippen molar-refractivity contribution in [2.45, 2.75) is 31.8 Å². The molecule has 1 saturated heterocycles. The molecule has 1 aliphatic heterocycles. The molecule has 3 nitrogen and oxygen atoms in total. The van der Waals surface area contributed by atoms with E-state index < -0.39 is 0 Å². The number of nitrogens with one attached hydrogen (secondary N) is 1. The fraction of sp³-hybridized carbons (Fsp3) is 0.310. The lowest BCUT2D eigenvalue weighted by atomic mass is 9.80. The van der Waals surface area contributed by atoms with E-state index in [0.717, 1.165) is 26.2 Å². The zero-order valence-electron chi connectivity index (χ0n) is 18.8. The van der Waals surface area contributed by atoms with Gasteiger partial charge in [0.1, 0.15) is 0 Å². The predicted molar refractivity (Wildman–Crippen MR) is 132 cm³/mol. The van der Waals surface area contributed by atoms with Gasteiger partial charge in [-0.15, -0.1) is 0 Å². The fourth-order valence-electron chi connectivity index (χ4n) is 5.30. The molecule has 2 heterocycles. The average molecular weight is 425 g/mol. The molecular weight excluding hydrogens is 392 g/mol.